The molecule has 0 aliphatic carbocycles. The molecule has 4 N–H and O–H groups in total. The quantitative estimate of drug-likeness (QED) is 0.700. The molecule has 1 aromatic rings. The van der Waals surface area contributed by atoms with Crippen molar-refractivity contribution in [2.75, 3.05) is 17.6 Å². The van der Waals surface area contributed by atoms with Gasteiger partial charge in [0.1, 0.15) is 5.69 Å². The topological polar surface area (TPSA) is 83.8 Å². The van der Waals surface area contributed by atoms with Gasteiger partial charge in [-0.3, -0.25) is 4.79 Å². The third kappa shape index (κ3) is 3.61. The standard InChI is InChI=1S/C10H18N4O/c1-10(2,3)4-5-12-8-7(11)9(15)14-6-13-8/h6H,4-5,11H2,1-3H3,(H2,12,13,14,15). The molecule has 1 aromatic heterocycles. The lowest BCUT2D eigenvalue weighted by molar-refractivity contribution is 0.389. The predicted octanol–water partition coefficient (Wildman–Crippen LogP) is 1.20. The Balaban J connectivity index is 2.59. The lowest BCUT2D eigenvalue weighted by Gasteiger charge is -2.18. The zero-order valence-corrected chi connectivity index (χ0v) is 9.42. The summed E-state index contributed by atoms with van der Waals surface area (Å²) in [5.74, 6) is 0.461. The highest BCUT2D eigenvalue weighted by molar-refractivity contribution is 5.58. The van der Waals surface area contributed by atoms with Crippen molar-refractivity contribution in [1.82, 2.24) is 9.97 Å². The number of hydrogen-bond donors (Lipinski definition) is 3. The van der Waals surface area contributed by atoms with E-state index >= 15 is 0 Å². The lowest BCUT2D eigenvalue weighted by atomic mass is 9.92. The average Bonchev–Trinajstić information content (AvgIpc) is 2.10. The lowest BCUT2D eigenvalue weighted by Crippen LogP contribution is -2.18. The van der Waals surface area contributed by atoms with E-state index in [2.05, 4.69) is 36.1 Å². The fourth-order valence-electron chi connectivity index (χ4n) is 1.11. The van der Waals surface area contributed by atoms with E-state index < -0.39 is 0 Å². The minimum absolute atomic E-state index is 0.145. The number of hydrogen-bond acceptors (Lipinski definition) is 4. The Labute approximate surface area is 89.1 Å². The van der Waals surface area contributed by atoms with Gasteiger partial charge in [-0.25, -0.2) is 4.98 Å². The van der Waals surface area contributed by atoms with Crippen molar-refractivity contribution in [2.24, 2.45) is 5.41 Å². The second-order valence-electron chi connectivity index (χ2n) is 4.73. The predicted molar refractivity (Wildman–Crippen MR) is 61.8 cm³/mol. The summed E-state index contributed by atoms with van der Waals surface area (Å²) in [4.78, 5) is 17.5. The molecule has 0 spiro atoms. The Morgan fingerprint density at radius 1 is 1.53 bits per heavy atom. The number of nitrogens with zero attached hydrogens (tertiary/aromatic N) is 1. The maximum Gasteiger partial charge on any atom is 0.276 e. The Kier molecular flexibility index (Phi) is 3.34. The van der Waals surface area contributed by atoms with E-state index in [1.807, 2.05) is 0 Å². The highest BCUT2D eigenvalue weighted by atomic mass is 16.1. The molecule has 0 aromatic carbocycles. The maximum atomic E-state index is 11.1. The molecule has 0 aliphatic rings. The fourth-order valence-corrected chi connectivity index (χ4v) is 1.11. The summed E-state index contributed by atoms with van der Waals surface area (Å²) in [6.07, 6.45) is 2.33. The van der Waals surface area contributed by atoms with Gasteiger partial charge < -0.3 is 16.0 Å². The molecule has 0 fully saturated rings. The van der Waals surface area contributed by atoms with Gasteiger partial charge in [-0.1, -0.05) is 20.8 Å². The second-order valence-corrected chi connectivity index (χ2v) is 4.73. The molecule has 5 nitrogen and oxygen atoms in total. The highest BCUT2D eigenvalue weighted by Gasteiger charge is 2.10. The number of aromatic amines is 1. The van der Waals surface area contributed by atoms with Crippen LogP contribution in [0, 0.1) is 5.41 Å². The SMILES string of the molecule is CC(C)(C)CCNc1nc[nH]c(=O)c1N. The maximum absolute atomic E-state index is 11.1. The summed E-state index contributed by atoms with van der Waals surface area (Å²) < 4.78 is 0. The van der Waals surface area contributed by atoms with Crippen LogP contribution in [0.5, 0.6) is 0 Å². The van der Waals surface area contributed by atoms with E-state index in [-0.39, 0.29) is 16.7 Å². The van der Waals surface area contributed by atoms with E-state index in [1.54, 1.807) is 0 Å². The molecule has 1 rings (SSSR count). The van der Waals surface area contributed by atoms with Crippen LogP contribution in [0.4, 0.5) is 11.5 Å². The van der Waals surface area contributed by atoms with Crippen LogP contribution in [-0.2, 0) is 0 Å². The van der Waals surface area contributed by atoms with Crippen molar-refractivity contribution in [2.45, 2.75) is 27.2 Å². The average molecular weight is 210 g/mol. The Morgan fingerprint density at radius 2 is 2.20 bits per heavy atom. The summed E-state index contributed by atoms with van der Waals surface area (Å²) >= 11 is 0. The zero-order valence-electron chi connectivity index (χ0n) is 9.42. The van der Waals surface area contributed by atoms with Gasteiger partial charge in [0, 0.05) is 6.54 Å². The van der Waals surface area contributed by atoms with E-state index in [1.165, 1.54) is 6.33 Å². The molecule has 84 valence electrons. The zero-order chi connectivity index (χ0) is 11.5. The minimum Gasteiger partial charge on any atom is -0.391 e. The van der Waals surface area contributed by atoms with Crippen LogP contribution in [0.15, 0.2) is 11.1 Å². The van der Waals surface area contributed by atoms with Gasteiger partial charge in [-0.05, 0) is 11.8 Å². The summed E-state index contributed by atoms with van der Waals surface area (Å²) in [5.41, 5.74) is 5.66. The van der Waals surface area contributed by atoms with Crippen LogP contribution in [0.1, 0.15) is 27.2 Å². The van der Waals surface area contributed by atoms with Gasteiger partial charge in [-0.2, -0.15) is 0 Å². The Bertz CT molecular complexity index is 378. The van der Waals surface area contributed by atoms with Crippen LogP contribution in [0.3, 0.4) is 0 Å². The Morgan fingerprint density at radius 3 is 2.80 bits per heavy atom. The smallest absolute Gasteiger partial charge is 0.276 e. The van der Waals surface area contributed by atoms with Crippen molar-refractivity contribution >= 4 is 11.5 Å². The molecule has 0 unspecified atom stereocenters. The van der Waals surface area contributed by atoms with Crippen molar-refractivity contribution in [3.05, 3.63) is 16.7 Å². The molecule has 1 heterocycles. The number of nitrogen functional groups attached to an aromatic ring is 1. The number of aromatic nitrogens is 2. The Hall–Kier alpha value is -1.52. The molecule has 0 saturated heterocycles. The second kappa shape index (κ2) is 4.33. The first-order valence-corrected chi connectivity index (χ1v) is 4.97. The number of anilines is 2. The largest absolute Gasteiger partial charge is 0.391 e. The van der Waals surface area contributed by atoms with E-state index in [9.17, 15) is 4.79 Å². The molecule has 0 radical (unpaired) electrons. The van der Waals surface area contributed by atoms with E-state index in [0.29, 0.717) is 5.82 Å². The van der Waals surface area contributed by atoms with Gasteiger partial charge in [0.25, 0.3) is 5.56 Å². The summed E-state index contributed by atoms with van der Waals surface area (Å²) in [5, 5.41) is 3.05. The molecule has 0 bridgehead atoms. The van der Waals surface area contributed by atoms with Crippen LogP contribution in [0.2, 0.25) is 0 Å². The molecule has 15 heavy (non-hydrogen) atoms. The summed E-state index contributed by atoms with van der Waals surface area (Å²) in [7, 11) is 0. The first-order valence-electron chi connectivity index (χ1n) is 4.97. The van der Waals surface area contributed by atoms with Gasteiger partial charge in [0.05, 0.1) is 6.33 Å². The van der Waals surface area contributed by atoms with E-state index in [0.717, 1.165) is 13.0 Å². The molecule has 0 aliphatic heterocycles. The van der Waals surface area contributed by atoms with Gasteiger partial charge in [0.2, 0.25) is 0 Å². The van der Waals surface area contributed by atoms with Crippen LogP contribution < -0.4 is 16.6 Å². The van der Waals surface area contributed by atoms with Crippen molar-refractivity contribution in [1.29, 1.82) is 0 Å². The third-order valence-corrected chi connectivity index (χ3v) is 2.06. The van der Waals surface area contributed by atoms with Crippen molar-refractivity contribution < 1.29 is 0 Å². The molecule has 0 atom stereocenters. The third-order valence-electron chi connectivity index (χ3n) is 2.06. The molecule has 5 heteroatoms. The van der Waals surface area contributed by atoms with Crippen molar-refractivity contribution in [3.8, 4) is 0 Å². The van der Waals surface area contributed by atoms with Crippen LogP contribution in [-0.4, -0.2) is 16.5 Å². The van der Waals surface area contributed by atoms with Gasteiger partial charge >= 0.3 is 0 Å². The molecule has 0 saturated carbocycles. The number of H-pyrrole nitrogens is 1. The van der Waals surface area contributed by atoms with Crippen LogP contribution in [0.25, 0.3) is 0 Å². The van der Waals surface area contributed by atoms with E-state index in [4.69, 9.17) is 5.73 Å². The molecule has 0 amide bonds. The normalized spacial score (nSPS) is 11.4. The van der Waals surface area contributed by atoms with Crippen LogP contribution >= 0.6 is 0 Å². The van der Waals surface area contributed by atoms with Crippen molar-refractivity contribution in [3.63, 3.8) is 0 Å². The summed E-state index contributed by atoms with van der Waals surface area (Å²) in [6.45, 7) is 7.22. The summed E-state index contributed by atoms with van der Waals surface area (Å²) in [6, 6.07) is 0. The highest BCUT2D eigenvalue weighted by Crippen LogP contribution is 2.18. The molecular weight excluding hydrogens is 192 g/mol. The molecular formula is C10H18N4O. The van der Waals surface area contributed by atoms with Gasteiger partial charge in [0.15, 0.2) is 5.82 Å². The number of nitrogens with two attached hydrogens (primary N) is 1. The number of rotatable bonds is 3. The van der Waals surface area contributed by atoms with Gasteiger partial charge in [-0.15, -0.1) is 0 Å². The monoisotopic (exact) mass is 210 g/mol. The fraction of sp³-hybridized carbons (Fsp3) is 0.600. The first-order chi connectivity index (χ1) is 6.90. The minimum atomic E-state index is -0.303. The first kappa shape index (κ1) is 11.6. The number of nitrogens with one attached hydrogen (secondary N) is 2.